The van der Waals surface area contributed by atoms with E-state index in [9.17, 15) is 30.6 Å². The van der Waals surface area contributed by atoms with E-state index in [2.05, 4.69) is 20.6 Å². The summed E-state index contributed by atoms with van der Waals surface area (Å²) in [6.07, 6.45) is -11.9. The van der Waals surface area contributed by atoms with Crippen molar-refractivity contribution in [1.29, 1.82) is 0 Å². The van der Waals surface area contributed by atoms with Gasteiger partial charge in [0.1, 0.15) is 60.2 Å². The van der Waals surface area contributed by atoms with Crippen LogP contribution in [0.2, 0.25) is 0 Å². The summed E-state index contributed by atoms with van der Waals surface area (Å²) in [5, 5.41) is 80.0. The van der Waals surface area contributed by atoms with Gasteiger partial charge in [0.15, 0.2) is 12.6 Å². The average molecular weight is 597 g/mol. The predicted molar refractivity (Wildman–Crippen MR) is 145 cm³/mol. The maximum atomic E-state index is 10.6. The number of hydrogen-bond acceptors (Lipinski definition) is 13. The van der Waals surface area contributed by atoms with Crippen molar-refractivity contribution in [1.82, 2.24) is 30.0 Å². The molecule has 6 rings (SSSR count). The van der Waals surface area contributed by atoms with Gasteiger partial charge in [-0.15, -0.1) is 10.2 Å². The molecule has 0 bridgehead atoms. The van der Waals surface area contributed by atoms with Gasteiger partial charge in [0.2, 0.25) is 0 Å². The molecule has 2 aliphatic heterocycles. The molecule has 2 aliphatic rings. The normalized spacial score (nSPS) is 33.0. The van der Waals surface area contributed by atoms with Crippen LogP contribution in [0.25, 0.3) is 22.5 Å². The van der Waals surface area contributed by atoms with Crippen LogP contribution < -0.4 is 0 Å². The molecule has 0 saturated carbocycles. The van der Waals surface area contributed by atoms with E-state index in [0.29, 0.717) is 11.4 Å². The van der Waals surface area contributed by atoms with E-state index in [4.69, 9.17) is 14.2 Å². The Kier molecular flexibility index (Phi) is 8.58. The van der Waals surface area contributed by atoms with E-state index in [-0.39, 0.29) is 13.1 Å². The maximum Gasteiger partial charge on any atom is 0.189 e. The Labute approximate surface area is 245 Å². The van der Waals surface area contributed by atoms with Crippen LogP contribution in [0, 0.1) is 0 Å². The number of rotatable bonds is 8. The Bertz CT molecular complexity index is 1360. The van der Waals surface area contributed by atoms with E-state index in [1.54, 1.807) is 12.4 Å². The molecule has 10 atom stereocenters. The van der Waals surface area contributed by atoms with Crippen molar-refractivity contribution >= 4 is 0 Å². The summed E-state index contributed by atoms with van der Waals surface area (Å²) in [6.45, 7) is -0.114. The fourth-order valence-electron chi connectivity index (χ4n) is 5.12. The molecule has 4 heterocycles. The zero-order valence-corrected chi connectivity index (χ0v) is 22.7. The molecule has 2 aromatic carbocycles. The van der Waals surface area contributed by atoms with Gasteiger partial charge in [-0.3, -0.25) is 0 Å². The van der Waals surface area contributed by atoms with Crippen molar-refractivity contribution in [2.24, 2.45) is 0 Å². The smallest absolute Gasteiger partial charge is 0.189 e. The van der Waals surface area contributed by atoms with Gasteiger partial charge in [-0.2, -0.15) is 0 Å². The van der Waals surface area contributed by atoms with Crippen molar-refractivity contribution in [2.45, 2.75) is 74.5 Å². The van der Waals surface area contributed by atoms with Crippen LogP contribution in [0.15, 0.2) is 73.1 Å². The topological polar surface area (TPSA) is 210 Å². The van der Waals surface area contributed by atoms with Crippen LogP contribution in [0.5, 0.6) is 0 Å². The highest BCUT2D eigenvalue weighted by Gasteiger charge is 2.50. The van der Waals surface area contributed by atoms with Gasteiger partial charge in [-0.1, -0.05) is 71.1 Å². The Morgan fingerprint density at radius 1 is 0.558 bits per heavy atom. The second kappa shape index (κ2) is 12.5. The van der Waals surface area contributed by atoms with Gasteiger partial charge in [0.05, 0.1) is 25.5 Å². The maximum absolute atomic E-state index is 10.6. The summed E-state index contributed by atoms with van der Waals surface area (Å²) in [5.41, 5.74) is 2.83. The molecule has 2 aromatic heterocycles. The van der Waals surface area contributed by atoms with Gasteiger partial charge in [-0.05, 0) is 0 Å². The lowest BCUT2D eigenvalue weighted by atomic mass is 9.97. The third kappa shape index (κ3) is 6.21. The van der Waals surface area contributed by atoms with Crippen LogP contribution in [-0.4, -0.2) is 122 Å². The molecule has 6 N–H and O–H groups in total. The first-order valence-corrected chi connectivity index (χ1v) is 13.7. The van der Waals surface area contributed by atoms with Crippen LogP contribution in [-0.2, 0) is 27.3 Å². The lowest BCUT2D eigenvalue weighted by molar-refractivity contribution is -0.375. The largest absolute Gasteiger partial charge is 0.388 e. The molecule has 0 radical (unpaired) electrons. The number of aliphatic hydroxyl groups is 6. The molecule has 43 heavy (non-hydrogen) atoms. The molecular weight excluding hydrogens is 564 g/mol. The lowest BCUT2D eigenvalue weighted by Gasteiger charge is -2.45. The highest BCUT2D eigenvalue weighted by Crippen LogP contribution is 2.29. The van der Waals surface area contributed by atoms with Crippen LogP contribution in [0.3, 0.4) is 0 Å². The SMILES string of the molecule is O[C@@H]1[C@@H](O)[C@@H](O[C@H]2O[C@H](Cn3cc(-c4ccccc4)nn3)[C@@H](O)[C@H](O)[C@H]2O)O[C@H](Cn2cc(-c3ccccc3)nn2)[C@H]1O. The van der Waals surface area contributed by atoms with Crippen LogP contribution in [0.1, 0.15) is 0 Å². The standard InChI is InChI=1S/C28H32N6O9/c35-21-19(13-33-11-17(29-31-33)15-7-3-1-4-8-15)41-27(25(39)23(21)37)43-28-26(40)24(38)22(36)20(42-28)14-34-12-18(30-32-34)16-9-5-2-6-10-16/h1-12,19-28,35-40H,13-14H2/t19-,20-,21-,22-,23+,24+,25-,26-,27-,28-/m1/s1. The minimum atomic E-state index is -1.73. The number of nitrogens with zero attached hydrogens (tertiary/aromatic N) is 6. The minimum Gasteiger partial charge on any atom is -0.388 e. The summed E-state index contributed by atoms with van der Waals surface area (Å²) in [4.78, 5) is 0. The summed E-state index contributed by atoms with van der Waals surface area (Å²) in [6, 6.07) is 18.6. The lowest BCUT2D eigenvalue weighted by Crippen LogP contribution is -2.63. The zero-order chi connectivity index (χ0) is 30.1. The van der Waals surface area contributed by atoms with Gasteiger partial charge < -0.3 is 44.8 Å². The average Bonchev–Trinajstić information content (AvgIpc) is 3.70. The van der Waals surface area contributed by atoms with E-state index < -0.39 is 61.4 Å². The van der Waals surface area contributed by atoms with Gasteiger partial charge in [0.25, 0.3) is 0 Å². The first kappa shape index (κ1) is 29.4. The summed E-state index contributed by atoms with van der Waals surface area (Å²) in [5.74, 6) is 0. The number of benzene rings is 2. The van der Waals surface area contributed by atoms with Gasteiger partial charge in [0, 0.05) is 11.1 Å². The number of aliphatic hydroxyl groups excluding tert-OH is 6. The quantitative estimate of drug-likeness (QED) is 0.137. The molecule has 0 spiro atoms. The Hall–Kier alpha value is -3.64. The fourth-order valence-corrected chi connectivity index (χ4v) is 5.12. The highest BCUT2D eigenvalue weighted by molar-refractivity contribution is 5.57. The number of hydrogen-bond donors (Lipinski definition) is 6. The fraction of sp³-hybridized carbons (Fsp3) is 0.429. The molecule has 15 nitrogen and oxygen atoms in total. The zero-order valence-electron chi connectivity index (χ0n) is 22.7. The van der Waals surface area contributed by atoms with E-state index in [1.165, 1.54) is 9.36 Å². The van der Waals surface area contributed by atoms with E-state index in [0.717, 1.165) is 11.1 Å². The molecule has 2 saturated heterocycles. The van der Waals surface area contributed by atoms with Crippen molar-refractivity contribution < 1.29 is 44.8 Å². The van der Waals surface area contributed by atoms with Crippen molar-refractivity contribution in [3.63, 3.8) is 0 Å². The van der Waals surface area contributed by atoms with Gasteiger partial charge >= 0.3 is 0 Å². The molecule has 0 unspecified atom stereocenters. The molecule has 2 fully saturated rings. The number of ether oxygens (including phenoxy) is 3. The molecule has 15 heteroatoms. The number of aromatic nitrogens is 6. The highest BCUT2D eigenvalue weighted by atomic mass is 16.8. The third-order valence-corrected chi connectivity index (χ3v) is 7.56. The van der Waals surface area contributed by atoms with Gasteiger partial charge in [-0.25, -0.2) is 9.36 Å². The Balaban J connectivity index is 1.13. The second-order valence-electron chi connectivity index (χ2n) is 10.5. The van der Waals surface area contributed by atoms with E-state index >= 15 is 0 Å². The van der Waals surface area contributed by atoms with Crippen LogP contribution >= 0.6 is 0 Å². The summed E-state index contributed by atoms with van der Waals surface area (Å²) < 4.78 is 20.1. The molecule has 228 valence electrons. The Morgan fingerprint density at radius 3 is 1.35 bits per heavy atom. The second-order valence-corrected chi connectivity index (χ2v) is 10.5. The van der Waals surface area contributed by atoms with Crippen molar-refractivity contribution in [2.75, 3.05) is 0 Å². The monoisotopic (exact) mass is 596 g/mol. The molecule has 0 amide bonds. The summed E-state index contributed by atoms with van der Waals surface area (Å²) >= 11 is 0. The third-order valence-electron chi connectivity index (χ3n) is 7.56. The van der Waals surface area contributed by atoms with E-state index in [1.807, 2.05) is 60.7 Å². The predicted octanol–water partition coefficient (Wildman–Crippen LogP) is -1.46. The molecule has 4 aromatic rings. The van der Waals surface area contributed by atoms with Crippen LogP contribution in [0.4, 0.5) is 0 Å². The Morgan fingerprint density at radius 2 is 0.953 bits per heavy atom. The van der Waals surface area contributed by atoms with Crippen molar-refractivity contribution in [3.8, 4) is 22.5 Å². The minimum absolute atomic E-state index is 0.0568. The first-order valence-electron chi connectivity index (χ1n) is 13.7. The summed E-state index contributed by atoms with van der Waals surface area (Å²) in [7, 11) is 0. The first-order chi connectivity index (χ1) is 20.8. The van der Waals surface area contributed by atoms with Crippen molar-refractivity contribution in [3.05, 3.63) is 73.1 Å². The molecular formula is C28H32N6O9. The molecule has 0 aliphatic carbocycles.